The van der Waals surface area contributed by atoms with Crippen LogP contribution in [0.15, 0.2) is 0 Å². The minimum atomic E-state index is -4.64. The van der Waals surface area contributed by atoms with Crippen molar-refractivity contribution < 1.29 is 53.7 Å². The summed E-state index contributed by atoms with van der Waals surface area (Å²) in [6.07, 6.45) is 0. The molecule has 0 rings (SSSR count). The quantitative estimate of drug-likeness (QED) is 0.359. The summed E-state index contributed by atoms with van der Waals surface area (Å²) in [5.41, 5.74) is 0. The molecule has 0 aliphatic heterocycles. The third-order valence-corrected chi connectivity index (χ3v) is 0. The standard InChI is InChI=1S/Cr.Cu.H3O4P/c;;1-5(2,3)4/h;;(H3,1,2,3,4). The molecule has 0 aliphatic carbocycles. The Morgan fingerprint density at radius 1 is 1.14 bits per heavy atom. The summed E-state index contributed by atoms with van der Waals surface area (Å²) < 4.78 is 8.88. The van der Waals surface area contributed by atoms with Gasteiger partial charge in [0.1, 0.15) is 0 Å². The Hall–Kier alpha value is 1.16. The smallest absolute Gasteiger partial charge is 0.303 e. The van der Waals surface area contributed by atoms with Gasteiger partial charge in [-0.15, -0.1) is 0 Å². The molecule has 49 valence electrons. The minimum Gasteiger partial charge on any atom is -0.303 e. The van der Waals surface area contributed by atoms with Gasteiger partial charge in [-0.3, -0.25) is 0 Å². The van der Waals surface area contributed by atoms with Gasteiger partial charge in [0.05, 0.1) is 0 Å². The molecule has 0 saturated heterocycles. The summed E-state index contributed by atoms with van der Waals surface area (Å²) in [4.78, 5) is 21.6. The van der Waals surface area contributed by atoms with Crippen LogP contribution in [0.25, 0.3) is 0 Å². The third kappa shape index (κ3) is 141. The molecule has 0 bridgehead atoms. The summed E-state index contributed by atoms with van der Waals surface area (Å²) in [6.45, 7) is 0. The summed E-state index contributed by atoms with van der Waals surface area (Å²) in [7, 11) is -4.64. The van der Waals surface area contributed by atoms with E-state index in [0.717, 1.165) is 0 Å². The van der Waals surface area contributed by atoms with Gasteiger partial charge in [-0.05, 0) is 0 Å². The number of hydrogen-bond acceptors (Lipinski definition) is 1. The summed E-state index contributed by atoms with van der Waals surface area (Å²) in [6, 6.07) is 0. The van der Waals surface area contributed by atoms with E-state index in [2.05, 4.69) is 0 Å². The molecule has 4 nitrogen and oxygen atoms in total. The van der Waals surface area contributed by atoms with Gasteiger partial charge >= 0.3 is 7.82 Å². The second-order valence-electron chi connectivity index (χ2n) is 0.513. The summed E-state index contributed by atoms with van der Waals surface area (Å²) in [5.74, 6) is 0. The van der Waals surface area contributed by atoms with E-state index in [4.69, 9.17) is 19.2 Å². The molecule has 3 N–H and O–H groups in total. The normalized spacial score (nSPS) is 8.43. The molecule has 1 radical (unpaired) electrons. The average Bonchev–Trinajstić information content (AvgIpc) is 0.722. The fourth-order valence-corrected chi connectivity index (χ4v) is 0. The molecule has 0 aromatic heterocycles. The second kappa shape index (κ2) is 5.30. The predicted octanol–water partition coefficient (Wildman–Crippen LogP) is -0.934. The van der Waals surface area contributed by atoms with E-state index in [1.54, 1.807) is 0 Å². The van der Waals surface area contributed by atoms with Gasteiger partial charge in [-0.2, -0.15) is 0 Å². The number of hydrogen-bond donors (Lipinski definition) is 3. The van der Waals surface area contributed by atoms with Crippen LogP contribution in [0.2, 0.25) is 0 Å². The van der Waals surface area contributed by atoms with Crippen molar-refractivity contribution in [2.45, 2.75) is 0 Å². The molecule has 0 aromatic carbocycles. The van der Waals surface area contributed by atoms with Crippen molar-refractivity contribution in [3.8, 4) is 0 Å². The molecule has 0 aliphatic rings. The van der Waals surface area contributed by atoms with E-state index in [0.29, 0.717) is 0 Å². The second-order valence-corrected chi connectivity index (χ2v) is 1.54. The molecule has 0 aromatic rings. The van der Waals surface area contributed by atoms with E-state index >= 15 is 0 Å². The Balaban J connectivity index is -0.0000000800. The maximum Gasteiger partial charge on any atom is 0.466 e. The topological polar surface area (TPSA) is 77.8 Å². The van der Waals surface area contributed by atoms with Gasteiger partial charge in [-0.25, -0.2) is 4.57 Å². The van der Waals surface area contributed by atoms with Crippen LogP contribution < -0.4 is 0 Å². The Morgan fingerprint density at radius 3 is 1.14 bits per heavy atom. The minimum absolute atomic E-state index is 0. The summed E-state index contributed by atoms with van der Waals surface area (Å²) >= 11 is 0. The van der Waals surface area contributed by atoms with E-state index < -0.39 is 7.82 Å². The fourth-order valence-electron chi connectivity index (χ4n) is 0. The van der Waals surface area contributed by atoms with Gasteiger partial charge in [0.15, 0.2) is 0 Å². The molecule has 0 atom stereocenters. The van der Waals surface area contributed by atoms with Gasteiger partial charge in [0.2, 0.25) is 0 Å². The molecule has 0 spiro atoms. The number of phosphoric acid groups is 1. The van der Waals surface area contributed by atoms with Crippen LogP contribution in [0.3, 0.4) is 0 Å². The van der Waals surface area contributed by atoms with Crippen LogP contribution in [-0.4, -0.2) is 14.7 Å². The average molecular weight is 214 g/mol. The molecule has 7 heavy (non-hydrogen) atoms. The number of rotatable bonds is 0. The van der Waals surface area contributed by atoms with Crippen LogP contribution in [0.1, 0.15) is 0 Å². The first-order chi connectivity index (χ1) is 2.00. The molecule has 0 unspecified atom stereocenters. The first-order valence-electron chi connectivity index (χ1n) is 0.783. The Bertz CT molecular complexity index is 57.8. The molecular weight excluding hydrogens is 211 g/mol. The van der Waals surface area contributed by atoms with Crippen LogP contribution >= 0.6 is 7.82 Å². The van der Waals surface area contributed by atoms with Crippen LogP contribution in [0.5, 0.6) is 0 Å². The van der Waals surface area contributed by atoms with Crippen molar-refractivity contribution in [2.24, 2.45) is 0 Å². The maximum absolute atomic E-state index is 8.88. The zero-order chi connectivity index (χ0) is 4.50. The molecule has 0 saturated carbocycles. The van der Waals surface area contributed by atoms with Crippen molar-refractivity contribution in [3.05, 3.63) is 0 Å². The van der Waals surface area contributed by atoms with Crippen molar-refractivity contribution >= 4 is 7.82 Å². The van der Waals surface area contributed by atoms with Crippen molar-refractivity contribution in [3.63, 3.8) is 0 Å². The van der Waals surface area contributed by atoms with E-state index in [-0.39, 0.29) is 34.4 Å². The zero-order valence-electron chi connectivity index (χ0n) is 2.91. The van der Waals surface area contributed by atoms with Gasteiger partial charge in [-0.1, -0.05) is 0 Å². The molecule has 0 fully saturated rings. The van der Waals surface area contributed by atoms with E-state index in [9.17, 15) is 0 Å². The van der Waals surface area contributed by atoms with E-state index in [1.165, 1.54) is 0 Å². The van der Waals surface area contributed by atoms with Gasteiger partial charge < -0.3 is 14.7 Å². The summed E-state index contributed by atoms with van der Waals surface area (Å²) in [5, 5.41) is 0. The van der Waals surface area contributed by atoms with Crippen LogP contribution in [-0.2, 0) is 39.0 Å². The zero-order valence-corrected chi connectivity index (χ0v) is 6.02. The monoisotopic (exact) mass is 213 g/mol. The largest absolute Gasteiger partial charge is 0.466 e. The first kappa shape index (κ1) is 15.7. The Morgan fingerprint density at radius 2 is 1.14 bits per heavy atom. The fraction of sp³-hybridized carbons (Fsp3) is 0. The maximum atomic E-state index is 8.88. The predicted molar refractivity (Wildman–Crippen MR) is 14.3 cm³/mol. The first-order valence-corrected chi connectivity index (χ1v) is 2.35. The van der Waals surface area contributed by atoms with Crippen molar-refractivity contribution in [2.75, 3.05) is 0 Å². The Labute approximate surface area is 61.8 Å². The molecule has 0 amide bonds. The molecular formula is H3CrCuO4P. The van der Waals surface area contributed by atoms with Gasteiger partial charge in [0.25, 0.3) is 0 Å². The molecule has 0 heterocycles. The third-order valence-electron chi connectivity index (χ3n) is 0. The van der Waals surface area contributed by atoms with E-state index in [1.807, 2.05) is 0 Å². The molecule has 7 heteroatoms. The van der Waals surface area contributed by atoms with Crippen molar-refractivity contribution in [1.29, 1.82) is 0 Å². The van der Waals surface area contributed by atoms with Crippen molar-refractivity contribution in [1.82, 2.24) is 0 Å². The SMILES string of the molecule is O=P(O)(O)O.[Cr].[Cu]. The van der Waals surface area contributed by atoms with Crippen LogP contribution in [0.4, 0.5) is 0 Å². The van der Waals surface area contributed by atoms with Gasteiger partial charge in [0, 0.05) is 34.4 Å². The van der Waals surface area contributed by atoms with Crippen LogP contribution in [0, 0.1) is 0 Å². The Kier molecular flexibility index (Phi) is 11.9.